The highest BCUT2D eigenvalue weighted by atomic mass is 35.5. The molecule has 1 heterocycles. The van der Waals surface area contributed by atoms with Crippen molar-refractivity contribution in [2.45, 2.75) is 19.5 Å². The van der Waals surface area contributed by atoms with E-state index in [1.54, 1.807) is 18.3 Å². The van der Waals surface area contributed by atoms with Gasteiger partial charge in [0.2, 0.25) is 5.91 Å². The van der Waals surface area contributed by atoms with Crippen molar-refractivity contribution >= 4 is 46.2 Å². The lowest BCUT2D eigenvalue weighted by molar-refractivity contribution is -0.139. The normalized spacial score (nSPS) is 11.6. The summed E-state index contributed by atoms with van der Waals surface area (Å²) in [6.45, 7) is 1.04. The highest BCUT2D eigenvalue weighted by molar-refractivity contribution is 6.31. The molecule has 0 bridgehead atoms. The zero-order valence-electron chi connectivity index (χ0n) is 20.3. The minimum Gasteiger partial charge on any atom is -0.468 e. The van der Waals surface area contributed by atoms with Gasteiger partial charge in [0.05, 0.1) is 24.7 Å². The summed E-state index contributed by atoms with van der Waals surface area (Å²) in [6.07, 6.45) is 0.848. The maximum atomic E-state index is 13.8. The minimum atomic E-state index is -0.780. The number of carbonyl (C=O) groups excluding carboxylic acids is 3. The molecule has 0 unspecified atom stereocenters. The van der Waals surface area contributed by atoms with Crippen LogP contribution in [-0.2, 0) is 25.6 Å². The molecule has 12 heteroatoms. The van der Waals surface area contributed by atoms with E-state index in [2.05, 4.69) is 25.8 Å². The second-order valence-corrected chi connectivity index (χ2v) is 8.32. The molecule has 0 aliphatic heterocycles. The van der Waals surface area contributed by atoms with E-state index in [0.717, 1.165) is 10.8 Å². The van der Waals surface area contributed by atoms with Crippen LogP contribution in [0, 0.1) is 5.82 Å². The van der Waals surface area contributed by atoms with Crippen LogP contribution in [-0.4, -0.2) is 60.8 Å². The van der Waals surface area contributed by atoms with Crippen molar-refractivity contribution in [1.82, 2.24) is 20.7 Å². The molecule has 2 aromatic carbocycles. The standard InChI is InChI=1S/C25H27ClFN5O5/c1-16(33)32(30-12-19-8-5-9-21(27)24(19)26)20(13-28-14-23(34)36-2)15-37-25(35)31-22-10-17-6-3-4-7-18(17)11-29-22/h3-11,20,28,30H,12-15H2,1-2H3,(H,29,31,35)/t20-/m0/s1. The first-order chi connectivity index (χ1) is 17.8. The molecule has 37 heavy (non-hydrogen) atoms. The van der Waals surface area contributed by atoms with Gasteiger partial charge in [-0.1, -0.05) is 48.0 Å². The van der Waals surface area contributed by atoms with Crippen molar-refractivity contribution in [2.24, 2.45) is 0 Å². The first kappa shape index (κ1) is 27.8. The third-order valence-electron chi connectivity index (χ3n) is 5.32. The lowest BCUT2D eigenvalue weighted by Crippen LogP contribution is -2.54. The van der Waals surface area contributed by atoms with Gasteiger partial charge in [-0.3, -0.25) is 19.9 Å². The number of pyridine rings is 1. The van der Waals surface area contributed by atoms with Gasteiger partial charge in [-0.2, -0.15) is 0 Å². The summed E-state index contributed by atoms with van der Waals surface area (Å²) in [6, 6.07) is 12.8. The Morgan fingerprint density at radius 1 is 1.14 bits per heavy atom. The Labute approximate surface area is 218 Å². The summed E-state index contributed by atoms with van der Waals surface area (Å²) >= 11 is 6.02. The fraction of sp³-hybridized carbons (Fsp3) is 0.280. The first-order valence-electron chi connectivity index (χ1n) is 11.3. The predicted octanol–water partition coefficient (Wildman–Crippen LogP) is 3.26. The van der Waals surface area contributed by atoms with E-state index in [9.17, 15) is 18.8 Å². The maximum Gasteiger partial charge on any atom is 0.412 e. The molecule has 3 aromatic rings. The fourth-order valence-electron chi connectivity index (χ4n) is 3.46. The van der Waals surface area contributed by atoms with Crippen LogP contribution in [0.4, 0.5) is 15.0 Å². The SMILES string of the molecule is COC(=O)CNC[C@@H](COC(=O)Nc1cc2ccccc2cn1)N(NCc1cccc(F)c1Cl)C(C)=O. The van der Waals surface area contributed by atoms with Crippen molar-refractivity contribution in [2.75, 3.05) is 32.1 Å². The zero-order chi connectivity index (χ0) is 26.8. The van der Waals surface area contributed by atoms with Crippen LogP contribution in [0.2, 0.25) is 5.02 Å². The number of rotatable bonds is 11. The van der Waals surface area contributed by atoms with Crippen LogP contribution in [0.3, 0.4) is 0 Å². The molecule has 0 saturated heterocycles. The number of fused-ring (bicyclic) bond motifs is 1. The Morgan fingerprint density at radius 3 is 2.62 bits per heavy atom. The van der Waals surface area contributed by atoms with Crippen LogP contribution in [0.1, 0.15) is 12.5 Å². The summed E-state index contributed by atoms with van der Waals surface area (Å²) in [5.41, 5.74) is 3.33. The van der Waals surface area contributed by atoms with Crippen molar-refractivity contribution in [3.63, 3.8) is 0 Å². The van der Waals surface area contributed by atoms with Gasteiger partial charge in [0, 0.05) is 31.6 Å². The van der Waals surface area contributed by atoms with Crippen LogP contribution >= 0.6 is 11.6 Å². The molecule has 0 aliphatic carbocycles. The number of nitrogens with zero attached hydrogens (tertiary/aromatic N) is 2. The van der Waals surface area contributed by atoms with Gasteiger partial charge in [-0.15, -0.1) is 0 Å². The van der Waals surface area contributed by atoms with E-state index >= 15 is 0 Å². The molecule has 0 aliphatic rings. The molecule has 196 valence electrons. The monoisotopic (exact) mass is 531 g/mol. The smallest absolute Gasteiger partial charge is 0.412 e. The number of halogens is 2. The third kappa shape index (κ3) is 8.10. The maximum absolute atomic E-state index is 13.8. The van der Waals surface area contributed by atoms with Gasteiger partial charge in [-0.05, 0) is 23.1 Å². The lowest BCUT2D eigenvalue weighted by Gasteiger charge is -2.31. The number of benzene rings is 2. The van der Waals surface area contributed by atoms with E-state index in [0.29, 0.717) is 11.4 Å². The van der Waals surface area contributed by atoms with Crippen LogP contribution in [0.5, 0.6) is 0 Å². The highest BCUT2D eigenvalue weighted by Crippen LogP contribution is 2.20. The average molecular weight is 532 g/mol. The van der Waals surface area contributed by atoms with Crippen LogP contribution in [0.25, 0.3) is 10.8 Å². The number of hydrazine groups is 1. The van der Waals surface area contributed by atoms with Crippen molar-refractivity contribution in [1.29, 1.82) is 0 Å². The number of aromatic nitrogens is 1. The third-order valence-corrected chi connectivity index (χ3v) is 5.74. The number of amides is 2. The van der Waals surface area contributed by atoms with Crippen LogP contribution < -0.4 is 16.1 Å². The Hall–Kier alpha value is -3.80. The molecular formula is C25H27ClFN5O5. The topological polar surface area (TPSA) is 122 Å². The molecule has 3 rings (SSSR count). The molecular weight excluding hydrogens is 505 g/mol. The number of nitrogens with one attached hydrogen (secondary N) is 3. The van der Waals surface area contributed by atoms with Crippen molar-refractivity contribution < 1.29 is 28.2 Å². The Bertz CT molecular complexity index is 1260. The molecule has 0 saturated carbocycles. The average Bonchev–Trinajstić information content (AvgIpc) is 2.88. The van der Waals surface area contributed by atoms with E-state index in [1.807, 2.05) is 24.3 Å². The molecule has 10 nitrogen and oxygen atoms in total. The van der Waals surface area contributed by atoms with Crippen molar-refractivity contribution in [3.8, 4) is 0 Å². The number of methoxy groups -OCH3 is 1. The van der Waals surface area contributed by atoms with Gasteiger partial charge in [0.1, 0.15) is 18.2 Å². The summed E-state index contributed by atoms with van der Waals surface area (Å²) in [5.74, 6) is -1.20. The zero-order valence-corrected chi connectivity index (χ0v) is 21.0. The van der Waals surface area contributed by atoms with Gasteiger partial charge in [0.15, 0.2) is 0 Å². The van der Waals surface area contributed by atoms with Crippen LogP contribution in [0.15, 0.2) is 54.7 Å². The summed E-state index contributed by atoms with van der Waals surface area (Å²) in [5, 5.41) is 8.39. The minimum absolute atomic E-state index is 0.0247. The van der Waals surface area contributed by atoms with Gasteiger partial charge < -0.3 is 14.8 Å². The number of hydrogen-bond donors (Lipinski definition) is 3. The van der Waals surface area contributed by atoms with E-state index in [4.69, 9.17) is 16.3 Å². The number of anilines is 1. The molecule has 0 fully saturated rings. The molecule has 2 amide bonds. The second-order valence-electron chi connectivity index (χ2n) is 7.94. The largest absolute Gasteiger partial charge is 0.468 e. The Balaban J connectivity index is 1.67. The quantitative estimate of drug-likeness (QED) is 0.255. The summed E-state index contributed by atoms with van der Waals surface area (Å²) < 4.78 is 23.8. The number of ether oxygens (including phenoxy) is 2. The Morgan fingerprint density at radius 2 is 1.89 bits per heavy atom. The molecule has 1 aromatic heterocycles. The summed E-state index contributed by atoms with van der Waals surface area (Å²) in [4.78, 5) is 40.6. The number of esters is 1. The van der Waals surface area contributed by atoms with E-state index < -0.39 is 29.8 Å². The molecule has 0 radical (unpaired) electrons. The second kappa shape index (κ2) is 13.5. The predicted molar refractivity (Wildman–Crippen MR) is 136 cm³/mol. The lowest BCUT2D eigenvalue weighted by atomic mass is 10.2. The number of hydrogen-bond acceptors (Lipinski definition) is 8. The molecule has 0 spiro atoms. The van der Waals surface area contributed by atoms with Gasteiger partial charge in [-0.25, -0.2) is 19.6 Å². The summed E-state index contributed by atoms with van der Waals surface area (Å²) in [7, 11) is 1.25. The number of carbonyl (C=O) groups is 3. The highest BCUT2D eigenvalue weighted by Gasteiger charge is 2.24. The molecule has 3 N–H and O–H groups in total. The van der Waals surface area contributed by atoms with E-state index in [-0.39, 0.29) is 31.3 Å². The van der Waals surface area contributed by atoms with Crippen molar-refractivity contribution in [3.05, 3.63) is 71.1 Å². The fourth-order valence-corrected chi connectivity index (χ4v) is 3.65. The van der Waals surface area contributed by atoms with Gasteiger partial charge >= 0.3 is 12.1 Å². The van der Waals surface area contributed by atoms with E-state index in [1.165, 1.54) is 31.2 Å². The Kier molecular flexibility index (Phi) is 10.1. The van der Waals surface area contributed by atoms with Gasteiger partial charge in [0.25, 0.3) is 0 Å². The molecule has 1 atom stereocenters. The first-order valence-corrected chi connectivity index (χ1v) is 11.7.